The van der Waals surface area contributed by atoms with E-state index in [0.29, 0.717) is 6.54 Å². The Morgan fingerprint density at radius 1 is 1.56 bits per heavy atom. The van der Waals surface area contributed by atoms with Gasteiger partial charge in [0.15, 0.2) is 0 Å². The summed E-state index contributed by atoms with van der Waals surface area (Å²) in [7, 11) is 0. The molecule has 1 amide bonds. The van der Waals surface area contributed by atoms with E-state index in [1.54, 1.807) is 0 Å². The van der Waals surface area contributed by atoms with Crippen LogP contribution in [0.15, 0.2) is 0 Å². The second-order valence-corrected chi connectivity index (χ2v) is 5.50. The van der Waals surface area contributed by atoms with Crippen molar-refractivity contribution in [3.05, 3.63) is 0 Å². The van der Waals surface area contributed by atoms with Gasteiger partial charge in [-0.25, -0.2) is 0 Å². The normalized spacial score (nSPS) is 40.1. The minimum Gasteiger partial charge on any atom is -0.388 e. The molecular formula is C12H22N2O2. The van der Waals surface area contributed by atoms with E-state index in [9.17, 15) is 9.90 Å². The summed E-state index contributed by atoms with van der Waals surface area (Å²) in [6.45, 7) is 6.12. The summed E-state index contributed by atoms with van der Waals surface area (Å²) < 4.78 is 0. The number of nitrogens with zero attached hydrogens (tertiary/aromatic N) is 1. The van der Waals surface area contributed by atoms with Gasteiger partial charge in [0.25, 0.3) is 0 Å². The van der Waals surface area contributed by atoms with Crippen LogP contribution < -0.4 is 5.32 Å². The molecule has 0 bridgehead atoms. The zero-order chi connectivity index (χ0) is 11.8. The maximum absolute atomic E-state index is 12.3. The Morgan fingerprint density at radius 2 is 2.31 bits per heavy atom. The Morgan fingerprint density at radius 3 is 2.88 bits per heavy atom. The fourth-order valence-electron chi connectivity index (χ4n) is 2.84. The molecule has 92 valence electrons. The molecule has 2 rings (SSSR count). The van der Waals surface area contributed by atoms with Gasteiger partial charge in [-0.15, -0.1) is 0 Å². The lowest BCUT2D eigenvalue weighted by molar-refractivity contribution is -0.142. The van der Waals surface area contributed by atoms with E-state index in [0.717, 1.165) is 32.4 Å². The Hall–Kier alpha value is -0.610. The number of carbonyl (C=O) groups excluding carboxylic acids is 1. The molecule has 0 aromatic rings. The largest absolute Gasteiger partial charge is 0.388 e. The molecule has 16 heavy (non-hydrogen) atoms. The minimum absolute atomic E-state index is 0.105. The van der Waals surface area contributed by atoms with E-state index in [1.807, 2.05) is 11.8 Å². The summed E-state index contributed by atoms with van der Waals surface area (Å²) in [5, 5.41) is 13.3. The molecule has 2 aliphatic rings. The number of amides is 1. The Bertz CT molecular complexity index is 278. The summed E-state index contributed by atoms with van der Waals surface area (Å²) in [4.78, 5) is 14.1. The molecule has 4 nitrogen and oxygen atoms in total. The van der Waals surface area contributed by atoms with Gasteiger partial charge >= 0.3 is 0 Å². The standard InChI is InChI=1S/C12H22N2O2/c1-9-10(4-6-13-9)11(15)14-7-3-5-12(2,16)8-14/h9-10,13,16H,3-8H2,1-2H3. The second kappa shape index (κ2) is 4.34. The van der Waals surface area contributed by atoms with Crippen molar-refractivity contribution in [2.45, 2.75) is 44.8 Å². The van der Waals surface area contributed by atoms with Crippen molar-refractivity contribution >= 4 is 5.91 Å². The fourth-order valence-corrected chi connectivity index (χ4v) is 2.84. The first-order chi connectivity index (χ1) is 7.49. The lowest BCUT2D eigenvalue weighted by atomic mass is 9.92. The summed E-state index contributed by atoms with van der Waals surface area (Å²) in [5.41, 5.74) is -0.691. The predicted octanol–water partition coefficient (Wildman–Crippen LogP) is 0.358. The number of likely N-dealkylation sites (tertiary alicyclic amines) is 1. The van der Waals surface area contributed by atoms with Gasteiger partial charge in [-0.1, -0.05) is 0 Å². The maximum atomic E-state index is 12.3. The molecule has 2 N–H and O–H groups in total. The summed E-state index contributed by atoms with van der Waals surface area (Å²) in [5.74, 6) is 0.325. The van der Waals surface area contributed by atoms with Crippen molar-refractivity contribution < 1.29 is 9.90 Å². The predicted molar refractivity (Wildman–Crippen MR) is 62.0 cm³/mol. The third kappa shape index (κ3) is 2.38. The van der Waals surface area contributed by atoms with Gasteiger partial charge in [-0.05, 0) is 39.7 Å². The number of aliphatic hydroxyl groups is 1. The molecule has 2 heterocycles. The van der Waals surface area contributed by atoms with Crippen LogP contribution in [0.3, 0.4) is 0 Å². The van der Waals surface area contributed by atoms with E-state index in [2.05, 4.69) is 12.2 Å². The molecular weight excluding hydrogens is 204 g/mol. The number of carbonyl (C=O) groups is 1. The van der Waals surface area contributed by atoms with Crippen molar-refractivity contribution in [1.29, 1.82) is 0 Å². The zero-order valence-corrected chi connectivity index (χ0v) is 10.2. The lowest BCUT2D eigenvalue weighted by Gasteiger charge is -2.38. The van der Waals surface area contributed by atoms with Crippen molar-refractivity contribution in [3.63, 3.8) is 0 Å². The van der Waals surface area contributed by atoms with Gasteiger partial charge in [0, 0.05) is 19.1 Å². The SMILES string of the molecule is CC1NCCC1C(=O)N1CCCC(C)(O)C1. The number of nitrogens with one attached hydrogen (secondary N) is 1. The van der Waals surface area contributed by atoms with Crippen LogP contribution in [0.4, 0.5) is 0 Å². The number of hydrogen-bond acceptors (Lipinski definition) is 3. The second-order valence-electron chi connectivity index (χ2n) is 5.50. The van der Waals surface area contributed by atoms with Crippen LogP contribution in [0.1, 0.15) is 33.1 Å². The maximum Gasteiger partial charge on any atom is 0.227 e. The van der Waals surface area contributed by atoms with Gasteiger partial charge in [0.1, 0.15) is 0 Å². The number of β-amino-alcohol motifs (C(OH)–C–C–N with tert-alkyl or cyclic N) is 1. The average Bonchev–Trinajstić information content (AvgIpc) is 2.62. The van der Waals surface area contributed by atoms with E-state index < -0.39 is 5.60 Å². The van der Waals surface area contributed by atoms with Gasteiger partial charge < -0.3 is 15.3 Å². The number of hydrogen-bond donors (Lipinski definition) is 2. The zero-order valence-electron chi connectivity index (χ0n) is 10.2. The van der Waals surface area contributed by atoms with Gasteiger partial charge in [-0.3, -0.25) is 4.79 Å². The quantitative estimate of drug-likeness (QED) is 0.678. The van der Waals surface area contributed by atoms with Crippen molar-refractivity contribution in [1.82, 2.24) is 10.2 Å². The van der Waals surface area contributed by atoms with Crippen LogP contribution in [-0.4, -0.2) is 47.2 Å². The van der Waals surface area contributed by atoms with Crippen molar-refractivity contribution in [2.24, 2.45) is 5.92 Å². The van der Waals surface area contributed by atoms with E-state index in [-0.39, 0.29) is 17.9 Å². The first kappa shape index (κ1) is 11.9. The van der Waals surface area contributed by atoms with E-state index >= 15 is 0 Å². The molecule has 0 aliphatic carbocycles. The van der Waals surface area contributed by atoms with E-state index in [1.165, 1.54) is 0 Å². The Labute approximate surface area is 97.0 Å². The van der Waals surface area contributed by atoms with Crippen LogP contribution in [0.5, 0.6) is 0 Å². The third-order valence-electron chi connectivity index (χ3n) is 3.83. The minimum atomic E-state index is -0.691. The fraction of sp³-hybridized carbons (Fsp3) is 0.917. The van der Waals surface area contributed by atoms with Crippen LogP contribution in [-0.2, 0) is 4.79 Å². The Kier molecular flexibility index (Phi) is 3.22. The molecule has 0 spiro atoms. The molecule has 2 aliphatic heterocycles. The van der Waals surface area contributed by atoms with Gasteiger partial charge in [0.05, 0.1) is 11.5 Å². The highest BCUT2D eigenvalue weighted by Gasteiger charge is 2.37. The summed E-state index contributed by atoms with van der Waals surface area (Å²) >= 11 is 0. The van der Waals surface area contributed by atoms with E-state index in [4.69, 9.17) is 0 Å². The van der Waals surface area contributed by atoms with Crippen LogP contribution >= 0.6 is 0 Å². The van der Waals surface area contributed by atoms with Gasteiger partial charge in [-0.2, -0.15) is 0 Å². The highest BCUT2D eigenvalue weighted by Crippen LogP contribution is 2.24. The number of rotatable bonds is 1. The molecule has 0 saturated carbocycles. The van der Waals surface area contributed by atoms with Gasteiger partial charge in [0.2, 0.25) is 5.91 Å². The monoisotopic (exact) mass is 226 g/mol. The van der Waals surface area contributed by atoms with Crippen molar-refractivity contribution in [2.75, 3.05) is 19.6 Å². The van der Waals surface area contributed by atoms with Crippen molar-refractivity contribution in [3.8, 4) is 0 Å². The highest BCUT2D eigenvalue weighted by atomic mass is 16.3. The molecule has 4 heteroatoms. The first-order valence-electron chi connectivity index (χ1n) is 6.24. The highest BCUT2D eigenvalue weighted by molar-refractivity contribution is 5.80. The molecule has 0 aromatic carbocycles. The Balaban J connectivity index is 1.99. The summed E-state index contributed by atoms with van der Waals surface area (Å²) in [6.07, 6.45) is 2.64. The topological polar surface area (TPSA) is 52.6 Å². The lowest BCUT2D eigenvalue weighted by Crippen LogP contribution is -2.51. The van der Waals surface area contributed by atoms with Crippen LogP contribution in [0.25, 0.3) is 0 Å². The smallest absolute Gasteiger partial charge is 0.227 e. The molecule has 2 saturated heterocycles. The first-order valence-corrected chi connectivity index (χ1v) is 6.24. The van der Waals surface area contributed by atoms with Crippen LogP contribution in [0.2, 0.25) is 0 Å². The average molecular weight is 226 g/mol. The molecule has 2 fully saturated rings. The molecule has 3 unspecified atom stereocenters. The number of piperidine rings is 1. The third-order valence-corrected chi connectivity index (χ3v) is 3.83. The molecule has 0 radical (unpaired) electrons. The summed E-state index contributed by atoms with van der Waals surface area (Å²) in [6, 6.07) is 0.277. The molecule has 0 aromatic heterocycles. The molecule has 3 atom stereocenters. The van der Waals surface area contributed by atoms with Crippen LogP contribution in [0, 0.1) is 5.92 Å².